The predicted octanol–water partition coefficient (Wildman–Crippen LogP) is 4.88. The molecule has 2 nitrogen and oxygen atoms in total. The summed E-state index contributed by atoms with van der Waals surface area (Å²) in [5.74, 6) is -0.341. The molecule has 0 N–H and O–H groups in total. The van der Waals surface area contributed by atoms with Crippen LogP contribution >= 0.6 is 15.9 Å². The van der Waals surface area contributed by atoms with Crippen LogP contribution in [-0.4, -0.2) is 23.4 Å². The zero-order chi connectivity index (χ0) is 15.3. The van der Waals surface area contributed by atoms with E-state index in [2.05, 4.69) is 43.6 Å². The van der Waals surface area contributed by atoms with Crippen molar-refractivity contribution in [2.45, 2.75) is 46.6 Å². The van der Waals surface area contributed by atoms with Gasteiger partial charge in [-0.25, -0.2) is 4.39 Å². The molecule has 112 valence electrons. The zero-order valence-electron chi connectivity index (χ0n) is 12.6. The zero-order valence-corrected chi connectivity index (χ0v) is 14.2. The van der Waals surface area contributed by atoms with Gasteiger partial charge in [-0.3, -0.25) is 4.79 Å². The largest absolute Gasteiger partial charge is 0.335 e. The molecule has 0 aliphatic rings. The SMILES string of the molecule is CCC(CC)N(CC(C)C)C(=O)c1c(F)cccc1Br. The van der Waals surface area contributed by atoms with E-state index < -0.39 is 5.82 Å². The van der Waals surface area contributed by atoms with Crippen molar-refractivity contribution in [1.29, 1.82) is 0 Å². The van der Waals surface area contributed by atoms with Gasteiger partial charge in [-0.05, 0) is 46.8 Å². The number of benzene rings is 1. The molecule has 0 spiro atoms. The van der Waals surface area contributed by atoms with Crippen molar-refractivity contribution in [1.82, 2.24) is 4.90 Å². The first-order valence-corrected chi connectivity index (χ1v) is 7.96. The Labute approximate surface area is 129 Å². The lowest BCUT2D eigenvalue weighted by Crippen LogP contribution is -2.42. The smallest absolute Gasteiger partial charge is 0.258 e. The normalized spacial score (nSPS) is 11.2. The molecule has 0 bridgehead atoms. The summed E-state index contributed by atoms with van der Waals surface area (Å²) in [7, 11) is 0. The maximum Gasteiger partial charge on any atom is 0.258 e. The van der Waals surface area contributed by atoms with Gasteiger partial charge in [0.15, 0.2) is 0 Å². The van der Waals surface area contributed by atoms with Crippen LogP contribution in [-0.2, 0) is 0 Å². The number of halogens is 2. The molecule has 0 heterocycles. The topological polar surface area (TPSA) is 20.3 Å². The molecule has 0 aliphatic carbocycles. The van der Waals surface area contributed by atoms with E-state index >= 15 is 0 Å². The van der Waals surface area contributed by atoms with E-state index in [-0.39, 0.29) is 17.5 Å². The Morgan fingerprint density at radius 3 is 2.35 bits per heavy atom. The molecule has 1 aromatic rings. The molecule has 1 aromatic carbocycles. The van der Waals surface area contributed by atoms with Gasteiger partial charge in [-0.15, -0.1) is 0 Å². The van der Waals surface area contributed by atoms with Gasteiger partial charge in [0.2, 0.25) is 0 Å². The van der Waals surface area contributed by atoms with Crippen LogP contribution in [0.15, 0.2) is 22.7 Å². The van der Waals surface area contributed by atoms with E-state index in [0.29, 0.717) is 16.9 Å². The van der Waals surface area contributed by atoms with Gasteiger partial charge in [0, 0.05) is 17.1 Å². The summed E-state index contributed by atoms with van der Waals surface area (Å²) >= 11 is 3.29. The molecule has 0 atom stereocenters. The lowest BCUT2D eigenvalue weighted by atomic mass is 10.0. The number of hydrogen-bond donors (Lipinski definition) is 0. The first kappa shape index (κ1) is 17.2. The summed E-state index contributed by atoms with van der Waals surface area (Å²) in [5, 5.41) is 0. The Hall–Kier alpha value is -0.900. The van der Waals surface area contributed by atoms with Crippen LogP contribution in [0.2, 0.25) is 0 Å². The van der Waals surface area contributed by atoms with E-state index in [1.165, 1.54) is 6.07 Å². The first-order chi connectivity index (χ1) is 9.42. The molecular formula is C16H23BrFNO. The maximum absolute atomic E-state index is 14.0. The molecule has 0 aromatic heterocycles. The number of nitrogens with zero attached hydrogens (tertiary/aromatic N) is 1. The summed E-state index contributed by atoms with van der Waals surface area (Å²) in [6.07, 6.45) is 1.75. The van der Waals surface area contributed by atoms with E-state index in [1.54, 1.807) is 12.1 Å². The second-order valence-corrected chi connectivity index (χ2v) is 6.27. The van der Waals surface area contributed by atoms with Crippen molar-refractivity contribution in [2.24, 2.45) is 5.92 Å². The van der Waals surface area contributed by atoms with Crippen LogP contribution in [0, 0.1) is 11.7 Å². The molecular weight excluding hydrogens is 321 g/mol. The minimum absolute atomic E-state index is 0.139. The highest BCUT2D eigenvalue weighted by molar-refractivity contribution is 9.10. The fraction of sp³-hybridized carbons (Fsp3) is 0.562. The van der Waals surface area contributed by atoms with Gasteiger partial charge in [0.05, 0.1) is 5.56 Å². The summed E-state index contributed by atoms with van der Waals surface area (Å²) in [6.45, 7) is 8.90. The molecule has 0 aliphatic heterocycles. The Bertz CT molecular complexity index is 438. The second-order valence-electron chi connectivity index (χ2n) is 5.42. The van der Waals surface area contributed by atoms with E-state index in [4.69, 9.17) is 0 Å². The van der Waals surface area contributed by atoms with Crippen molar-refractivity contribution in [3.63, 3.8) is 0 Å². The second kappa shape index (κ2) is 7.77. The van der Waals surface area contributed by atoms with Gasteiger partial charge in [0.1, 0.15) is 5.82 Å². The summed E-state index contributed by atoms with van der Waals surface area (Å²) in [6, 6.07) is 4.78. The Balaban J connectivity index is 3.16. The fourth-order valence-corrected chi connectivity index (χ4v) is 2.88. The van der Waals surface area contributed by atoms with Crippen molar-refractivity contribution in [3.8, 4) is 0 Å². The third-order valence-corrected chi connectivity index (χ3v) is 4.04. The Kier molecular flexibility index (Phi) is 6.66. The van der Waals surface area contributed by atoms with Gasteiger partial charge < -0.3 is 4.90 Å². The molecule has 1 amide bonds. The molecule has 0 saturated carbocycles. The summed E-state index contributed by atoms with van der Waals surface area (Å²) < 4.78 is 14.5. The lowest BCUT2D eigenvalue weighted by molar-refractivity contribution is 0.0634. The van der Waals surface area contributed by atoms with Crippen LogP contribution in [0.5, 0.6) is 0 Å². The number of carbonyl (C=O) groups is 1. The minimum atomic E-state index is -0.468. The van der Waals surface area contributed by atoms with Gasteiger partial charge in [-0.2, -0.15) is 0 Å². The van der Waals surface area contributed by atoms with Crippen molar-refractivity contribution >= 4 is 21.8 Å². The number of carbonyl (C=O) groups excluding carboxylic acids is 1. The highest BCUT2D eigenvalue weighted by Crippen LogP contribution is 2.24. The molecule has 0 radical (unpaired) electrons. The molecule has 20 heavy (non-hydrogen) atoms. The number of amides is 1. The van der Waals surface area contributed by atoms with Crippen molar-refractivity contribution < 1.29 is 9.18 Å². The van der Waals surface area contributed by atoms with E-state index in [1.807, 2.05) is 4.90 Å². The first-order valence-electron chi connectivity index (χ1n) is 7.17. The average molecular weight is 344 g/mol. The van der Waals surface area contributed by atoms with Crippen LogP contribution in [0.1, 0.15) is 50.9 Å². The molecule has 4 heteroatoms. The fourth-order valence-electron chi connectivity index (χ4n) is 2.37. The number of hydrogen-bond acceptors (Lipinski definition) is 1. The van der Waals surface area contributed by atoms with Crippen LogP contribution in [0.25, 0.3) is 0 Å². The van der Waals surface area contributed by atoms with E-state index in [9.17, 15) is 9.18 Å². The van der Waals surface area contributed by atoms with Crippen LogP contribution in [0.3, 0.4) is 0 Å². The molecule has 0 fully saturated rings. The molecule has 1 rings (SSSR count). The van der Waals surface area contributed by atoms with Crippen molar-refractivity contribution in [2.75, 3.05) is 6.54 Å². The van der Waals surface area contributed by atoms with Gasteiger partial charge >= 0.3 is 0 Å². The summed E-state index contributed by atoms with van der Waals surface area (Å²) in [4.78, 5) is 14.6. The van der Waals surface area contributed by atoms with Crippen LogP contribution in [0.4, 0.5) is 4.39 Å². The highest BCUT2D eigenvalue weighted by atomic mass is 79.9. The highest BCUT2D eigenvalue weighted by Gasteiger charge is 2.26. The van der Waals surface area contributed by atoms with E-state index in [0.717, 1.165) is 12.8 Å². The van der Waals surface area contributed by atoms with Gasteiger partial charge in [-0.1, -0.05) is 33.8 Å². The third kappa shape index (κ3) is 4.05. The number of rotatable bonds is 6. The quantitative estimate of drug-likeness (QED) is 0.721. The Morgan fingerprint density at radius 2 is 1.90 bits per heavy atom. The lowest BCUT2D eigenvalue weighted by Gasteiger charge is -2.32. The van der Waals surface area contributed by atoms with Crippen LogP contribution < -0.4 is 0 Å². The monoisotopic (exact) mass is 343 g/mol. The average Bonchev–Trinajstić information content (AvgIpc) is 2.38. The minimum Gasteiger partial charge on any atom is -0.335 e. The standard InChI is InChI=1S/C16H23BrFNO/c1-5-12(6-2)19(10-11(3)4)16(20)15-13(17)8-7-9-14(15)18/h7-9,11-12H,5-6,10H2,1-4H3. The summed E-state index contributed by atoms with van der Waals surface area (Å²) in [5.41, 5.74) is 0.139. The predicted molar refractivity (Wildman–Crippen MR) is 84.3 cm³/mol. The Morgan fingerprint density at radius 1 is 1.30 bits per heavy atom. The molecule has 0 saturated heterocycles. The third-order valence-electron chi connectivity index (χ3n) is 3.38. The maximum atomic E-state index is 14.0. The van der Waals surface area contributed by atoms with Gasteiger partial charge in [0.25, 0.3) is 5.91 Å². The molecule has 0 unspecified atom stereocenters. The van der Waals surface area contributed by atoms with Crippen molar-refractivity contribution in [3.05, 3.63) is 34.1 Å².